The molecule has 9 heteroatoms. The van der Waals surface area contributed by atoms with Gasteiger partial charge in [-0.2, -0.15) is 4.31 Å². The van der Waals surface area contributed by atoms with Crippen LogP contribution >= 0.6 is 15.9 Å². The smallest absolute Gasteiger partial charge is 0.243 e. The maximum absolute atomic E-state index is 12.9. The van der Waals surface area contributed by atoms with Gasteiger partial charge in [0.15, 0.2) is 5.82 Å². The number of nitrogens with one attached hydrogen (secondary N) is 1. The number of halogens is 1. The lowest BCUT2D eigenvalue weighted by atomic mass is 10.2. The van der Waals surface area contributed by atoms with Crippen molar-refractivity contribution in [3.05, 3.63) is 41.1 Å². The molecule has 7 nitrogen and oxygen atoms in total. The highest BCUT2D eigenvalue weighted by molar-refractivity contribution is 9.10. The molecular formula is C17H22BrN3O4S. The number of aromatic nitrogens is 1. The summed E-state index contributed by atoms with van der Waals surface area (Å²) in [6.07, 6.45) is 5.01. The number of carbonyl (C=O) groups excluding carboxylic acids is 1. The summed E-state index contributed by atoms with van der Waals surface area (Å²) in [4.78, 5) is 12.4. The van der Waals surface area contributed by atoms with Gasteiger partial charge in [0, 0.05) is 17.1 Å². The third-order valence-corrected chi connectivity index (χ3v) is 6.13. The fourth-order valence-corrected chi connectivity index (χ4v) is 4.07. The van der Waals surface area contributed by atoms with Gasteiger partial charge in [0.2, 0.25) is 15.9 Å². The topological polar surface area (TPSA) is 92.5 Å². The van der Waals surface area contributed by atoms with Crippen molar-refractivity contribution < 1.29 is 17.7 Å². The number of hydrogen-bond donors (Lipinski definition) is 1. The molecule has 26 heavy (non-hydrogen) atoms. The average Bonchev–Trinajstić information content (AvgIpc) is 3.10. The van der Waals surface area contributed by atoms with E-state index in [1.165, 1.54) is 28.8 Å². The van der Waals surface area contributed by atoms with Gasteiger partial charge in [-0.1, -0.05) is 47.3 Å². The Hall–Kier alpha value is -1.71. The lowest BCUT2D eigenvalue weighted by Crippen LogP contribution is -2.38. The van der Waals surface area contributed by atoms with Gasteiger partial charge in [-0.3, -0.25) is 4.79 Å². The van der Waals surface area contributed by atoms with Gasteiger partial charge in [0.1, 0.15) is 6.26 Å². The minimum absolute atomic E-state index is 0.158. The monoisotopic (exact) mass is 443 g/mol. The maximum atomic E-state index is 12.9. The lowest BCUT2D eigenvalue weighted by molar-refractivity contribution is -0.116. The minimum Gasteiger partial charge on any atom is -0.363 e. The molecule has 1 amide bonds. The molecule has 142 valence electrons. The second-order valence-corrected chi connectivity index (χ2v) is 8.64. The van der Waals surface area contributed by atoms with Crippen molar-refractivity contribution in [1.29, 1.82) is 0 Å². The first-order valence-electron chi connectivity index (χ1n) is 8.39. The van der Waals surface area contributed by atoms with Crippen LogP contribution in [0, 0.1) is 0 Å². The largest absolute Gasteiger partial charge is 0.363 e. The van der Waals surface area contributed by atoms with Crippen molar-refractivity contribution in [2.75, 3.05) is 18.4 Å². The van der Waals surface area contributed by atoms with E-state index in [0.29, 0.717) is 6.42 Å². The molecule has 0 radical (unpaired) electrons. The van der Waals surface area contributed by atoms with E-state index in [2.05, 4.69) is 37.9 Å². The first kappa shape index (κ1) is 20.6. The zero-order chi connectivity index (χ0) is 19.0. The van der Waals surface area contributed by atoms with E-state index in [9.17, 15) is 13.2 Å². The Morgan fingerprint density at radius 1 is 1.19 bits per heavy atom. The summed E-state index contributed by atoms with van der Waals surface area (Å²) < 4.78 is 32.5. The standard InChI is InChI=1S/C17H22BrN3O4S/c1-2-3-4-5-11-21(13-17(22)19-16-10-12-25-20-16)26(23,24)15-8-6-14(18)7-9-15/h6-10,12H,2-5,11,13H2,1H3,(H,19,20,22). The van der Waals surface area contributed by atoms with Gasteiger partial charge in [-0.05, 0) is 30.7 Å². The Morgan fingerprint density at radius 2 is 1.92 bits per heavy atom. The van der Waals surface area contributed by atoms with E-state index >= 15 is 0 Å². The van der Waals surface area contributed by atoms with Crippen molar-refractivity contribution in [2.24, 2.45) is 0 Å². The summed E-state index contributed by atoms with van der Waals surface area (Å²) >= 11 is 3.29. The third kappa shape index (κ3) is 5.93. The number of carbonyl (C=O) groups is 1. The molecule has 0 aliphatic heterocycles. The Labute approximate surface area is 161 Å². The van der Waals surface area contributed by atoms with E-state index in [-0.39, 0.29) is 23.8 Å². The molecule has 0 saturated carbocycles. The van der Waals surface area contributed by atoms with E-state index in [4.69, 9.17) is 0 Å². The summed E-state index contributed by atoms with van der Waals surface area (Å²) in [5, 5.41) is 6.13. The second kappa shape index (κ2) is 9.84. The molecule has 2 aromatic rings. The molecule has 0 saturated heterocycles. The average molecular weight is 444 g/mol. The molecule has 1 aromatic carbocycles. The van der Waals surface area contributed by atoms with Crippen LogP contribution in [0.1, 0.15) is 32.6 Å². The number of amides is 1. The van der Waals surface area contributed by atoms with Gasteiger partial charge in [-0.25, -0.2) is 8.42 Å². The molecular weight excluding hydrogens is 422 g/mol. The van der Waals surface area contributed by atoms with Gasteiger partial charge in [-0.15, -0.1) is 0 Å². The summed E-state index contributed by atoms with van der Waals surface area (Å²) in [6, 6.07) is 7.87. The summed E-state index contributed by atoms with van der Waals surface area (Å²) in [7, 11) is -3.77. The third-order valence-electron chi connectivity index (χ3n) is 3.74. The summed E-state index contributed by atoms with van der Waals surface area (Å²) in [6.45, 7) is 2.09. The molecule has 1 N–H and O–H groups in total. The van der Waals surface area contributed by atoms with Crippen LogP contribution in [0.25, 0.3) is 0 Å². The molecule has 0 spiro atoms. The number of benzene rings is 1. The zero-order valence-electron chi connectivity index (χ0n) is 14.5. The van der Waals surface area contributed by atoms with E-state index in [1.54, 1.807) is 12.1 Å². The molecule has 2 rings (SSSR count). The van der Waals surface area contributed by atoms with E-state index in [1.807, 2.05) is 0 Å². The Balaban J connectivity index is 2.13. The van der Waals surface area contributed by atoms with Crippen molar-refractivity contribution in [3.8, 4) is 0 Å². The van der Waals surface area contributed by atoms with Crippen molar-refractivity contribution >= 4 is 37.7 Å². The van der Waals surface area contributed by atoms with Crippen LogP contribution in [-0.2, 0) is 14.8 Å². The predicted octanol–water partition coefficient (Wildman–Crippen LogP) is 3.65. The molecule has 0 fully saturated rings. The van der Waals surface area contributed by atoms with Crippen LogP contribution in [0.15, 0.2) is 50.5 Å². The molecule has 1 aromatic heterocycles. The van der Waals surface area contributed by atoms with Gasteiger partial charge < -0.3 is 9.84 Å². The van der Waals surface area contributed by atoms with Gasteiger partial charge >= 0.3 is 0 Å². The van der Waals surface area contributed by atoms with Crippen molar-refractivity contribution in [2.45, 2.75) is 37.5 Å². The number of hydrogen-bond acceptors (Lipinski definition) is 5. The molecule has 0 aliphatic rings. The second-order valence-electron chi connectivity index (χ2n) is 5.79. The Morgan fingerprint density at radius 3 is 2.54 bits per heavy atom. The van der Waals surface area contributed by atoms with E-state index in [0.717, 1.165) is 23.7 Å². The lowest BCUT2D eigenvalue weighted by Gasteiger charge is -2.21. The molecule has 0 bridgehead atoms. The number of unbranched alkanes of at least 4 members (excludes halogenated alkanes) is 3. The molecule has 0 aliphatic carbocycles. The van der Waals surface area contributed by atoms with Crippen LogP contribution in [0.2, 0.25) is 0 Å². The van der Waals surface area contributed by atoms with Crippen molar-refractivity contribution in [3.63, 3.8) is 0 Å². The quantitative estimate of drug-likeness (QED) is 0.565. The first-order valence-corrected chi connectivity index (χ1v) is 10.6. The fraction of sp³-hybridized carbons (Fsp3) is 0.412. The molecule has 1 heterocycles. The summed E-state index contributed by atoms with van der Waals surface area (Å²) in [5.74, 6) is -0.211. The van der Waals surface area contributed by atoms with Gasteiger partial charge in [0.05, 0.1) is 11.4 Å². The molecule has 0 unspecified atom stereocenters. The van der Waals surface area contributed by atoms with E-state index < -0.39 is 15.9 Å². The summed E-state index contributed by atoms with van der Waals surface area (Å²) in [5.41, 5.74) is 0. The predicted molar refractivity (Wildman–Crippen MR) is 102 cm³/mol. The van der Waals surface area contributed by atoms with Gasteiger partial charge in [0.25, 0.3) is 0 Å². The number of rotatable bonds is 10. The highest BCUT2D eigenvalue weighted by Gasteiger charge is 2.26. The maximum Gasteiger partial charge on any atom is 0.243 e. The van der Waals surface area contributed by atoms with Crippen LogP contribution in [0.3, 0.4) is 0 Å². The Bertz CT molecular complexity index is 792. The normalized spacial score (nSPS) is 11.7. The van der Waals surface area contributed by atoms with Crippen LogP contribution in [0.5, 0.6) is 0 Å². The fourth-order valence-electron chi connectivity index (χ4n) is 2.37. The SMILES string of the molecule is CCCCCCN(CC(=O)Nc1ccon1)S(=O)(=O)c1ccc(Br)cc1. The number of sulfonamides is 1. The number of anilines is 1. The first-order chi connectivity index (χ1) is 12.4. The highest BCUT2D eigenvalue weighted by atomic mass is 79.9. The van der Waals surface area contributed by atoms with Crippen LogP contribution in [0.4, 0.5) is 5.82 Å². The van der Waals surface area contributed by atoms with Crippen molar-refractivity contribution in [1.82, 2.24) is 9.46 Å². The highest BCUT2D eigenvalue weighted by Crippen LogP contribution is 2.19. The molecule has 0 atom stereocenters. The zero-order valence-corrected chi connectivity index (χ0v) is 16.9. The Kier molecular flexibility index (Phi) is 7.80. The minimum atomic E-state index is -3.77. The number of nitrogens with zero attached hydrogens (tertiary/aromatic N) is 2. The van der Waals surface area contributed by atoms with Crippen LogP contribution in [-0.4, -0.2) is 36.9 Å². The van der Waals surface area contributed by atoms with Crippen LogP contribution < -0.4 is 5.32 Å².